The van der Waals surface area contributed by atoms with Gasteiger partial charge in [0.1, 0.15) is 5.82 Å². The minimum Gasteiger partial charge on any atom is -0.353 e. The van der Waals surface area contributed by atoms with Gasteiger partial charge in [0.15, 0.2) is 0 Å². The Morgan fingerprint density at radius 1 is 1.00 bits per heavy atom. The monoisotopic (exact) mass is 486 g/mol. The van der Waals surface area contributed by atoms with Crippen molar-refractivity contribution in [1.82, 2.24) is 14.6 Å². The molecule has 0 radical (unpaired) electrons. The lowest BCUT2D eigenvalue weighted by Gasteiger charge is -2.35. The van der Waals surface area contributed by atoms with Crippen LogP contribution in [0, 0.1) is 0 Å². The van der Waals surface area contributed by atoms with Gasteiger partial charge in [-0.25, -0.2) is 0 Å². The molecule has 1 aliphatic heterocycles. The summed E-state index contributed by atoms with van der Waals surface area (Å²) in [6.45, 7) is 12.5. The summed E-state index contributed by atoms with van der Waals surface area (Å²) in [5.74, 6) is 1.16. The zero-order valence-electron chi connectivity index (χ0n) is 19.8. The van der Waals surface area contributed by atoms with Gasteiger partial charge in [0.25, 0.3) is 5.91 Å². The maximum absolute atomic E-state index is 12.4. The van der Waals surface area contributed by atoms with Crippen molar-refractivity contribution in [2.24, 2.45) is 0 Å². The maximum Gasteiger partial charge on any atom is 0.251 e. The first-order valence-corrected chi connectivity index (χ1v) is 12.4. The van der Waals surface area contributed by atoms with Gasteiger partial charge < -0.3 is 10.2 Å². The highest BCUT2D eigenvalue weighted by molar-refractivity contribution is 7.13. The van der Waals surface area contributed by atoms with Crippen molar-refractivity contribution in [3.05, 3.63) is 59.7 Å². The summed E-state index contributed by atoms with van der Waals surface area (Å²) in [5, 5.41) is 4.34. The van der Waals surface area contributed by atoms with Gasteiger partial charge in [-0.15, -0.1) is 12.4 Å². The fraction of sp³-hybridized carbons (Fsp3) is 0.462. The van der Waals surface area contributed by atoms with E-state index in [2.05, 4.69) is 72.3 Å². The molecule has 4 rings (SSSR count). The average molecular weight is 487 g/mol. The lowest BCUT2D eigenvalue weighted by atomic mass is 9.87. The lowest BCUT2D eigenvalue weighted by Crippen LogP contribution is -2.46. The number of amides is 1. The number of benzene rings is 2. The van der Waals surface area contributed by atoms with Crippen LogP contribution in [0.4, 0.5) is 5.82 Å². The first kappa shape index (κ1) is 25.5. The Labute approximate surface area is 207 Å². The summed E-state index contributed by atoms with van der Waals surface area (Å²) in [6, 6.07) is 16.5. The van der Waals surface area contributed by atoms with E-state index in [1.165, 1.54) is 15.6 Å². The SMILES string of the molecule is CC(C)(C)c1ccc(C(=O)NCCCCN2CCN(c3nsc4ccccc34)CC2)cc1.Cl. The van der Waals surface area contributed by atoms with E-state index in [1.807, 2.05) is 12.1 Å². The Morgan fingerprint density at radius 3 is 2.39 bits per heavy atom. The number of carbonyl (C=O) groups excluding carboxylic acids is 1. The van der Waals surface area contributed by atoms with Crippen LogP contribution in [0.3, 0.4) is 0 Å². The van der Waals surface area contributed by atoms with Crippen molar-refractivity contribution in [2.75, 3.05) is 44.2 Å². The fourth-order valence-corrected chi connectivity index (χ4v) is 4.97. The highest BCUT2D eigenvalue weighted by atomic mass is 35.5. The largest absolute Gasteiger partial charge is 0.353 e. The molecule has 3 aromatic rings. The van der Waals surface area contributed by atoms with Gasteiger partial charge in [-0.05, 0) is 66.2 Å². The highest BCUT2D eigenvalue weighted by Crippen LogP contribution is 2.29. The number of nitrogens with zero attached hydrogens (tertiary/aromatic N) is 3. The van der Waals surface area contributed by atoms with Gasteiger partial charge >= 0.3 is 0 Å². The second kappa shape index (κ2) is 11.3. The third kappa shape index (κ3) is 6.46. The molecular formula is C26H35ClN4OS. The molecular weight excluding hydrogens is 452 g/mol. The van der Waals surface area contributed by atoms with Crippen LogP contribution in [0.2, 0.25) is 0 Å². The van der Waals surface area contributed by atoms with Crippen molar-refractivity contribution >= 4 is 45.8 Å². The van der Waals surface area contributed by atoms with Crippen molar-refractivity contribution in [3.63, 3.8) is 0 Å². The third-order valence-corrected chi connectivity index (χ3v) is 7.05. The van der Waals surface area contributed by atoms with Crippen molar-refractivity contribution < 1.29 is 4.79 Å². The van der Waals surface area contributed by atoms with Crippen LogP contribution in [-0.2, 0) is 5.41 Å². The summed E-state index contributed by atoms with van der Waals surface area (Å²) in [5.41, 5.74) is 2.09. The van der Waals surface area contributed by atoms with Crippen molar-refractivity contribution in [3.8, 4) is 0 Å². The van der Waals surface area contributed by atoms with Crippen LogP contribution < -0.4 is 10.2 Å². The van der Waals surface area contributed by atoms with E-state index < -0.39 is 0 Å². The molecule has 0 spiro atoms. The summed E-state index contributed by atoms with van der Waals surface area (Å²) < 4.78 is 5.96. The van der Waals surface area contributed by atoms with E-state index in [1.54, 1.807) is 11.5 Å². The lowest BCUT2D eigenvalue weighted by molar-refractivity contribution is 0.0952. The van der Waals surface area contributed by atoms with Crippen molar-refractivity contribution in [2.45, 2.75) is 39.0 Å². The molecule has 1 aromatic heterocycles. The number of nitrogens with one attached hydrogen (secondary N) is 1. The minimum absolute atomic E-state index is 0. The van der Waals surface area contributed by atoms with Crippen LogP contribution in [0.1, 0.15) is 49.5 Å². The minimum atomic E-state index is 0. The molecule has 1 N–H and O–H groups in total. The first-order valence-electron chi connectivity index (χ1n) is 11.6. The third-order valence-electron chi connectivity index (χ3n) is 6.23. The van der Waals surface area contributed by atoms with Crippen LogP contribution in [0.15, 0.2) is 48.5 Å². The summed E-state index contributed by atoms with van der Waals surface area (Å²) in [4.78, 5) is 17.3. The van der Waals surface area contributed by atoms with E-state index >= 15 is 0 Å². The molecule has 2 aromatic carbocycles. The number of unbranched alkanes of at least 4 members (excludes halogenated alkanes) is 1. The number of aromatic nitrogens is 1. The smallest absolute Gasteiger partial charge is 0.251 e. The Kier molecular flexibility index (Phi) is 8.74. The molecule has 1 aliphatic rings. The molecule has 0 saturated carbocycles. The van der Waals surface area contributed by atoms with E-state index in [0.29, 0.717) is 0 Å². The molecule has 178 valence electrons. The maximum atomic E-state index is 12.4. The number of hydrogen-bond donors (Lipinski definition) is 1. The summed E-state index contributed by atoms with van der Waals surface area (Å²) in [6.07, 6.45) is 2.10. The molecule has 0 atom stereocenters. The van der Waals surface area contributed by atoms with E-state index in [0.717, 1.165) is 63.5 Å². The molecule has 5 nitrogen and oxygen atoms in total. The standard InChI is InChI=1S/C26H34N4OS.ClH/c1-26(2,3)21-12-10-20(11-13-21)25(31)27-14-6-7-15-29-16-18-30(19-17-29)24-22-8-4-5-9-23(22)32-28-24;/h4-5,8-13H,6-7,14-19H2,1-3H3,(H,27,31);1H. The molecule has 33 heavy (non-hydrogen) atoms. The molecule has 1 fully saturated rings. The Morgan fingerprint density at radius 2 is 1.70 bits per heavy atom. The van der Waals surface area contributed by atoms with E-state index in [-0.39, 0.29) is 23.7 Å². The highest BCUT2D eigenvalue weighted by Gasteiger charge is 2.20. The predicted octanol–water partition coefficient (Wildman–Crippen LogP) is 5.35. The molecule has 1 amide bonds. The van der Waals surface area contributed by atoms with E-state index in [4.69, 9.17) is 4.37 Å². The van der Waals surface area contributed by atoms with Gasteiger partial charge in [0.2, 0.25) is 0 Å². The number of anilines is 1. The normalized spacial score (nSPS) is 14.8. The Hall–Kier alpha value is -2.15. The van der Waals surface area contributed by atoms with Gasteiger partial charge in [0, 0.05) is 43.7 Å². The fourth-order valence-electron chi connectivity index (χ4n) is 4.17. The number of hydrogen-bond acceptors (Lipinski definition) is 5. The number of rotatable bonds is 7. The molecule has 1 saturated heterocycles. The van der Waals surface area contributed by atoms with Crippen molar-refractivity contribution in [1.29, 1.82) is 0 Å². The Bertz CT molecular complexity index is 1040. The van der Waals surface area contributed by atoms with Crippen LogP contribution in [0.25, 0.3) is 10.1 Å². The second-order valence-corrected chi connectivity index (χ2v) is 10.4. The van der Waals surface area contributed by atoms with Crippen LogP contribution in [-0.4, -0.2) is 54.4 Å². The first-order chi connectivity index (χ1) is 15.4. The van der Waals surface area contributed by atoms with Crippen LogP contribution >= 0.6 is 23.9 Å². The van der Waals surface area contributed by atoms with Gasteiger partial charge in [-0.2, -0.15) is 4.37 Å². The quantitative estimate of drug-likeness (QED) is 0.457. The predicted molar refractivity (Wildman–Crippen MR) is 142 cm³/mol. The molecule has 0 bridgehead atoms. The van der Waals surface area contributed by atoms with Crippen LogP contribution in [0.5, 0.6) is 0 Å². The molecule has 7 heteroatoms. The molecule has 0 aliphatic carbocycles. The zero-order valence-corrected chi connectivity index (χ0v) is 21.5. The molecule has 0 unspecified atom stereocenters. The number of halogens is 1. The number of carbonyl (C=O) groups is 1. The number of fused-ring (bicyclic) bond motifs is 1. The summed E-state index contributed by atoms with van der Waals surface area (Å²) in [7, 11) is 0. The van der Waals surface area contributed by atoms with Gasteiger partial charge in [-0.1, -0.05) is 45.0 Å². The van der Waals surface area contributed by atoms with Gasteiger partial charge in [0.05, 0.1) is 4.70 Å². The topological polar surface area (TPSA) is 48.5 Å². The second-order valence-electron chi connectivity index (χ2n) is 9.62. The zero-order chi connectivity index (χ0) is 22.6. The average Bonchev–Trinajstić information content (AvgIpc) is 3.23. The van der Waals surface area contributed by atoms with Gasteiger partial charge in [-0.3, -0.25) is 9.69 Å². The number of piperazine rings is 1. The van der Waals surface area contributed by atoms with E-state index in [9.17, 15) is 4.79 Å². The molecule has 2 heterocycles. The summed E-state index contributed by atoms with van der Waals surface area (Å²) >= 11 is 1.59. The Balaban J connectivity index is 0.00000306.